The van der Waals surface area contributed by atoms with Crippen LogP contribution in [0.4, 0.5) is 0 Å². The number of benzene rings is 2. The first-order chi connectivity index (χ1) is 17.5. The lowest BCUT2D eigenvalue weighted by Gasteiger charge is -2.35. The van der Waals surface area contributed by atoms with E-state index in [0.717, 1.165) is 0 Å². The smallest absolute Gasteiger partial charge is 0.104 e. The van der Waals surface area contributed by atoms with Gasteiger partial charge in [-0.25, -0.2) is 0 Å². The van der Waals surface area contributed by atoms with Crippen molar-refractivity contribution in [2.75, 3.05) is 40.3 Å². The Bertz CT molecular complexity index is 710. The van der Waals surface area contributed by atoms with Gasteiger partial charge in [-0.15, -0.1) is 0 Å². The number of aryl methyl sites for hydroxylation is 1. The summed E-state index contributed by atoms with van der Waals surface area (Å²) in [6.07, 6.45) is 17.0. The molecular weight excluding hydrogens is 596 g/mol. The van der Waals surface area contributed by atoms with E-state index in [2.05, 4.69) is 95.5 Å². The standard InChI is InChI=1S/C21H37N.C13H22N.2BrH/c1-22(2)20-16-11-9-7-5-3-4-6-8-10-13-17-21-18-14-12-15-19-21;1-4-14(5-2,6-3)12-13-10-8-7-9-11-13;;/h12,14-15,18-19H,3-11,13,16-17,20H2,1-2H3;7-11H,4-6,12H2,1-3H3;2*1H/q;+1;;/p-1. The summed E-state index contributed by atoms with van der Waals surface area (Å²) in [7, 11) is 4.50. The van der Waals surface area contributed by atoms with Gasteiger partial charge in [-0.2, -0.15) is 0 Å². The van der Waals surface area contributed by atoms with Crippen molar-refractivity contribution in [1.29, 1.82) is 0 Å². The highest BCUT2D eigenvalue weighted by molar-refractivity contribution is 5.14. The average molecular weight is 657 g/mol. The van der Waals surface area contributed by atoms with E-state index in [-0.39, 0.29) is 34.0 Å². The van der Waals surface area contributed by atoms with E-state index in [9.17, 15) is 0 Å². The Morgan fingerprint density at radius 1 is 0.500 bits per heavy atom. The van der Waals surface area contributed by atoms with Crippen LogP contribution < -0.4 is 38.9 Å². The largest absolute Gasteiger partial charge is 1.00 e. The van der Waals surface area contributed by atoms with Crippen molar-refractivity contribution < 1.29 is 43.3 Å². The maximum atomic E-state index is 2.29. The summed E-state index contributed by atoms with van der Waals surface area (Å²) in [4.78, 5) is 1.59. The van der Waals surface area contributed by atoms with Crippen LogP contribution in [0.1, 0.15) is 103 Å². The number of quaternary nitrogens is 2. The fraction of sp³-hybridized carbons (Fsp3) is 0.647. The first-order valence-electron chi connectivity index (χ1n) is 15.3. The van der Waals surface area contributed by atoms with Crippen LogP contribution in [0.2, 0.25) is 0 Å². The molecule has 38 heavy (non-hydrogen) atoms. The van der Waals surface area contributed by atoms with E-state index in [1.165, 1.54) is 125 Å². The van der Waals surface area contributed by atoms with Crippen LogP contribution in [0, 0.1) is 0 Å². The van der Waals surface area contributed by atoms with Crippen molar-refractivity contribution in [2.45, 2.75) is 104 Å². The zero-order valence-electron chi connectivity index (χ0n) is 25.5. The molecule has 2 aromatic carbocycles. The third-order valence-electron chi connectivity index (χ3n) is 7.86. The van der Waals surface area contributed by atoms with Crippen molar-refractivity contribution in [3.05, 3.63) is 71.8 Å². The molecule has 0 fully saturated rings. The number of hydrogen-bond acceptors (Lipinski definition) is 0. The summed E-state index contributed by atoms with van der Waals surface area (Å²) in [6.45, 7) is 13.0. The third-order valence-corrected chi connectivity index (χ3v) is 7.86. The molecule has 0 saturated heterocycles. The van der Waals surface area contributed by atoms with E-state index in [4.69, 9.17) is 0 Å². The highest BCUT2D eigenvalue weighted by Gasteiger charge is 2.20. The Morgan fingerprint density at radius 3 is 1.26 bits per heavy atom. The molecule has 0 spiro atoms. The van der Waals surface area contributed by atoms with Crippen LogP contribution in [-0.2, 0) is 13.0 Å². The van der Waals surface area contributed by atoms with Crippen molar-refractivity contribution in [2.24, 2.45) is 0 Å². The van der Waals surface area contributed by atoms with Crippen molar-refractivity contribution >= 4 is 0 Å². The average Bonchev–Trinajstić information content (AvgIpc) is 2.91. The number of nitrogens with one attached hydrogen (secondary N) is 1. The lowest BCUT2D eigenvalue weighted by Crippen LogP contribution is -3.05. The van der Waals surface area contributed by atoms with Crippen LogP contribution in [-0.4, -0.2) is 44.8 Å². The molecule has 0 aliphatic heterocycles. The van der Waals surface area contributed by atoms with Gasteiger partial charge in [0.05, 0.1) is 40.3 Å². The van der Waals surface area contributed by atoms with Gasteiger partial charge in [-0.05, 0) is 52.0 Å². The zero-order chi connectivity index (χ0) is 26.3. The maximum absolute atomic E-state index is 2.29. The summed E-state index contributed by atoms with van der Waals surface area (Å²) in [5.74, 6) is 0. The normalized spacial score (nSPS) is 10.8. The van der Waals surface area contributed by atoms with Gasteiger partial charge < -0.3 is 43.3 Å². The zero-order valence-corrected chi connectivity index (χ0v) is 28.7. The summed E-state index contributed by atoms with van der Waals surface area (Å²) in [5.41, 5.74) is 2.96. The molecular formula is C34H60Br2N2. The van der Waals surface area contributed by atoms with Gasteiger partial charge in [0.25, 0.3) is 0 Å². The Hall–Kier alpha value is -0.680. The Balaban J connectivity index is 0. The lowest BCUT2D eigenvalue weighted by atomic mass is 10.0. The highest BCUT2D eigenvalue weighted by atomic mass is 79.9. The lowest BCUT2D eigenvalue weighted by molar-refractivity contribution is -0.936. The Morgan fingerprint density at radius 2 is 0.868 bits per heavy atom. The van der Waals surface area contributed by atoms with Gasteiger partial charge in [-0.3, -0.25) is 0 Å². The van der Waals surface area contributed by atoms with Crippen LogP contribution in [0.15, 0.2) is 60.7 Å². The van der Waals surface area contributed by atoms with E-state index < -0.39 is 0 Å². The van der Waals surface area contributed by atoms with Crippen molar-refractivity contribution in [3.63, 3.8) is 0 Å². The number of halogens is 2. The molecule has 0 amide bonds. The highest BCUT2D eigenvalue weighted by Crippen LogP contribution is 2.14. The molecule has 0 atom stereocenters. The second-order valence-electron chi connectivity index (χ2n) is 11.0. The first-order valence-corrected chi connectivity index (χ1v) is 15.3. The number of unbranched alkanes of at least 4 members (excludes halogenated alkanes) is 10. The van der Waals surface area contributed by atoms with Gasteiger partial charge in [0, 0.05) is 5.56 Å². The molecule has 0 unspecified atom stereocenters. The van der Waals surface area contributed by atoms with Gasteiger partial charge in [0.2, 0.25) is 0 Å². The number of rotatable bonds is 19. The molecule has 220 valence electrons. The minimum absolute atomic E-state index is 0. The molecule has 0 aliphatic carbocycles. The molecule has 1 N–H and O–H groups in total. The topological polar surface area (TPSA) is 4.44 Å². The predicted octanol–water partition coefficient (Wildman–Crippen LogP) is 1.74. The molecule has 2 aromatic rings. The van der Waals surface area contributed by atoms with E-state index in [1.807, 2.05) is 0 Å². The summed E-state index contributed by atoms with van der Waals surface area (Å²) in [5, 5.41) is 0. The monoisotopic (exact) mass is 654 g/mol. The van der Waals surface area contributed by atoms with Crippen LogP contribution in [0.25, 0.3) is 0 Å². The van der Waals surface area contributed by atoms with E-state index >= 15 is 0 Å². The van der Waals surface area contributed by atoms with Gasteiger partial charge >= 0.3 is 0 Å². The fourth-order valence-corrected chi connectivity index (χ4v) is 5.02. The number of hydrogen-bond donors (Lipinski definition) is 1. The molecule has 0 aromatic heterocycles. The second-order valence-corrected chi connectivity index (χ2v) is 11.0. The third kappa shape index (κ3) is 20.3. The number of nitrogens with zero attached hydrogens (tertiary/aromatic N) is 1. The van der Waals surface area contributed by atoms with Gasteiger partial charge in [0.1, 0.15) is 6.54 Å². The van der Waals surface area contributed by atoms with Gasteiger partial charge in [-0.1, -0.05) is 112 Å². The van der Waals surface area contributed by atoms with Crippen molar-refractivity contribution in [1.82, 2.24) is 0 Å². The molecule has 2 nitrogen and oxygen atoms in total. The predicted molar refractivity (Wildman–Crippen MR) is 161 cm³/mol. The molecule has 4 heteroatoms. The summed E-state index contributed by atoms with van der Waals surface area (Å²) >= 11 is 0. The maximum Gasteiger partial charge on any atom is 0.104 e. The molecule has 2 rings (SSSR count). The SMILES string of the molecule is CC[N+](CC)(CC)Cc1ccccc1.C[NH+](C)CCCCCCCCCCCCCc1ccccc1.[Br-].[Br-]. The first kappa shape index (κ1) is 39.5. The molecule has 0 radical (unpaired) electrons. The molecule has 0 saturated carbocycles. The Kier molecular flexibility index (Phi) is 27.6. The molecule has 0 heterocycles. The minimum Gasteiger partial charge on any atom is -1.00 e. The van der Waals surface area contributed by atoms with Crippen molar-refractivity contribution in [3.8, 4) is 0 Å². The minimum atomic E-state index is 0. The van der Waals surface area contributed by atoms with Gasteiger partial charge in [0.15, 0.2) is 0 Å². The Labute approximate surface area is 258 Å². The van der Waals surface area contributed by atoms with Crippen LogP contribution in [0.3, 0.4) is 0 Å². The fourth-order valence-electron chi connectivity index (χ4n) is 5.02. The molecule has 0 aliphatic rings. The quantitative estimate of drug-likeness (QED) is 0.174. The molecule has 0 bridgehead atoms. The van der Waals surface area contributed by atoms with Crippen LogP contribution in [0.5, 0.6) is 0 Å². The van der Waals surface area contributed by atoms with E-state index in [1.54, 1.807) is 4.90 Å². The van der Waals surface area contributed by atoms with Crippen LogP contribution >= 0.6 is 0 Å². The van der Waals surface area contributed by atoms with E-state index in [0.29, 0.717) is 0 Å². The second kappa shape index (κ2) is 26.5. The summed E-state index contributed by atoms with van der Waals surface area (Å²) in [6, 6.07) is 21.7. The summed E-state index contributed by atoms with van der Waals surface area (Å²) < 4.78 is 1.20.